The first kappa shape index (κ1) is 23.2. The lowest BCUT2D eigenvalue weighted by Gasteiger charge is -2.23. The second-order valence-corrected chi connectivity index (χ2v) is 11.5. The molecule has 1 aromatic heterocycles. The molecule has 0 N–H and O–H groups in total. The van der Waals surface area contributed by atoms with Gasteiger partial charge in [-0.05, 0) is 55.3 Å². The van der Waals surface area contributed by atoms with Crippen molar-refractivity contribution in [2.75, 3.05) is 30.9 Å². The second kappa shape index (κ2) is 9.86. The molecule has 1 unspecified atom stereocenters. The molecule has 1 saturated heterocycles. The number of rotatable bonds is 8. The summed E-state index contributed by atoms with van der Waals surface area (Å²) < 4.78 is 38.2. The molecule has 2 heterocycles. The number of hydrogen-bond donors (Lipinski definition) is 0. The van der Waals surface area contributed by atoms with Gasteiger partial charge in [-0.1, -0.05) is 27.3 Å². The Morgan fingerprint density at radius 2 is 2.06 bits per heavy atom. The molecular weight excluding hydrogens is 516 g/mol. The molecule has 170 valence electrons. The van der Waals surface area contributed by atoms with Gasteiger partial charge >= 0.3 is 0 Å². The monoisotopic (exact) mass is 538 g/mol. The number of ether oxygens (including phenoxy) is 2. The summed E-state index contributed by atoms with van der Waals surface area (Å²) >= 11 is 4.87. The van der Waals surface area contributed by atoms with Crippen LogP contribution in [0.1, 0.15) is 19.3 Å². The molecule has 4 rings (SSSR count). The fourth-order valence-corrected chi connectivity index (χ4v) is 6.31. The summed E-state index contributed by atoms with van der Waals surface area (Å²) in [4.78, 5) is 19.6. The Bertz CT molecular complexity index is 1200. The van der Waals surface area contributed by atoms with E-state index in [1.54, 1.807) is 17.0 Å². The SMILES string of the molecule is COc1ccc(S(=O)(=O)CCC(=O)N(CC2CCCO2)c2nc3ccc(Br)cc3s2)cc1. The van der Waals surface area contributed by atoms with Crippen LogP contribution in [-0.2, 0) is 19.4 Å². The van der Waals surface area contributed by atoms with Gasteiger partial charge < -0.3 is 9.47 Å². The molecule has 1 atom stereocenters. The molecule has 0 radical (unpaired) electrons. The predicted octanol–water partition coefficient (Wildman–Crippen LogP) is 4.44. The Morgan fingerprint density at radius 1 is 1.28 bits per heavy atom. The highest BCUT2D eigenvalue weighted by atomic mass is 79.9. The standard InChI is InChI=1S/C22H23BrN2O5S2/c1-29-16-5-7-18(8-6-16)32(27,28)12-10-21(26)25(14-17-3-2-11-30-17)22-24-19-9-4-15(23)13-20(19)31-22/h4-9,13,17H,2-3,10-12,14H2,1H3. The molecule has 2 aromatic carbocycles. The van der Waals surface area contributed by atoms with Gasteiger partial charge in [-0.2, -0.15) is 0 Å². The van der Waals surface area contributed by atoms with E-state index in [1.165, 1.54) is 30.6 Å². The largest absolute Gasteiger partial charge is 0.497 e. The molecule has 1 fully saturated rings. The Labute approximate surface area is 199 Å². The minimum atomic E-state index is -3.61. The number of nitrogens with zero attached hydrogens (tertiary/aromatic N) is 2. The third-order valence-corrected chi connectivity index (χ3v) is 8.55. The molecule has 10 heteroatoms. The van der Waals surface area contributed by atoms with Crippen LogP contribution in [0.2, 0.25) is 0 Å². The van der Waals surface area contributed by atoms with Gasteiger partial charge in [-0.3, -0.25) is 9.69 Å². The molecule has 3 aromatic rings. The molecule has 32 heavy (non-hydrogen) atoms. The highest BCUT2D eigenvalue weighted by Crippen LogP contribution is 2.32. The number of fused-ring (bicyclic) bond motifs is 1. The first-order valence-corrected chi connectivity index (χ1v) is 13.5. The van der Waals surface area contributed by atoms with Crippen LogP contribution in [0.25, 0.3) is 10.2 Å². The summed E-state index contributed by atoms with van der Waals surface area (Å²) in [5, 5.41) is 0.556. The maximum Gasteiger partial charge on any atom is 0.229 e. The Balaban J connectivity index is 1.53. The maximum atomic E-state index is 13.2. The van der Waals surface area contributed by atoms with Crippen LogP contribution in [0.5, 0.6) is 5.75 Å². The molecule has 0 saturated carbocycles. The zero-order valence-electron chi connectivity index (χ0n) is 17.5. The number of methoxy groups -OCH3 is 1. The zero-order chi connectivity index (χ0) is 22.7. The lowest BCUT2D eigenvalue weighted by Crippen LogP contribution is -2.38. The number of hydrogen-bond acceptors (Lipinski definition) is 7. The van der Waals surface area contributed by atoms with E-state index in [0.717, 1.165) is 27.5 Å². The summed E-state index contributed by atoms with van der Waals surface area (Å²) in [6.07, 6.45) is 1.60. The van der Waals surface area contributed by atoms with Crippen molar-refractivity contribution in [2.24, 2.45) is 0 Å². The number of amides is 1. The molecule has 0 spiro atoms. The maximum absolute atomic E-state index is 13.2. The lowest BCUT2D eigenvalue weighted by atomic mass is 10.2. The molecule has 1 aliphatic rings. The van der Waals surface area contributed by atoms with Crippen molar-refractivity contribution in [3.8, 4) is 5.75 Å². The number of anilines is 1. The Kier molecular flexibility index (Phi) is 7.14. The number of carbonyl (C=O) groups excluding carboxylic acids is 1. The predicted molar refractivity (Wildman–Crippen MR) is 128 cm³/mol. The average molecular weight is 539 g/mol. The number of halogens is 1. The quantitative estimate of drug-likeness (QED) is 0.421. The molecule has 7 nitrogen and oxygen atoms in total. The van der Waals surface area contributed by atoms with E-state index < -0.39 is 9.84 Å². The molecular formula is C22H23BrN2O5S2. The summed E-state index contributed by atoms with van der Waals surface area (Å²) in [7, 11) is -2.09. The van der Waals surface area contributed by atoms with Crippen LogP contribution in [0, 0.1) is 0 Å². The van der Waals surface area contributed by atoms with E-state index in [2.05, 4.69) is 20.9 Å². The normalized spacial score (nSPS) is 16.4. The first-order valence-electron chi connectivity index (χ1n) is 10.2. The van der Waals surface area contributed by atoms with Gasteiger partial charge in [0.25, 0.3) is 0 Å². The van der Waals surface area contributed by atoms with Crippen molar-refractivity contribution in [3.05, 3.63) is 46.9 Å². The number of aromatic nitrogens is 1. The molecule has 1 aliphatic heterocycles. The van der Waals surface area contributed by atoms with Gasteiger partial charge in [0.2, 0.25) is 5.91 Å². The minimum Gasteiger partial charge on any atom is -0.497 e. The van der Waals surface area contributed by atoms with E-state index in [1.807, 2.05) is 18.2 Å². The highest BCUT2D eigenvalue weighted by molar-refractivity contribution is 9.10. The van der Waals surface area contributed by atoms with Crippen molar-refractivity contribution in [2.45, 2.75) is 30.3 Å². The van der Waals surface area contributed by atoms with Gasteiger partial charge in [0.15, 0.2) is 15.0 Å². The number of benzene rings is 2. The van der Waals surface area contributed by atoms with E-state index in [0.29, 0.717) is 24.0 Å². The number of sulfone groups is 1. The fraction of sp³-hybridized carbons (Fsp3) is 0.364. The summed E-state index contributed by atoms with van der Waals surface area (Å²) in [6.45, 7) is 1.04. The number of thiazole rings is 1. The smallest absolute Gasteiger partial charge is 0.229 e. The van der Waals surface area contributed by atoms with Crippen LogP contribution in [0.15, 0.2) is 51.8 Å². The minimum absolute atomic E-state index is 0.0732. The number of carbonyl (C=O) groups is 1. The van der Waals surface area contributed by atoms with E-state index in [4.69, 9.17) is 9.47 Å². The van der Waals surface area contributed by atoms with Crippen LogP contribution < -0.4 is 9.64 Å². The zero-order valence-corrected chi connectivity index (χ0v) is 20.7. The topological polar surface area (TPSA) is 85.8 Å². The van der Waals surface area contributed by atoms with Gasteiger partial charge in [0.1, 0.15) is 5.75 Å². The van der Waals surface area contributed by atoms with Gasteiger partial charge in [-0.15, -0.1) is 0 Å². The first-order chi connectivity index (χ1) is 15.4. The van der Waals surface area contributed by atoms with Crippen molar-refractivity contribution in [1.29, 1.82) is 0 Å². The van der Waals surface area contributed by atoms with E-state index in [9.17, 15) is 13.2 Å². The van der Waals surface area contributed by atoms with Crippen LogP contribution in [0.3, 0.4) is 0 Å². The van der Waals surface area contributed by atoms with Gasteiger partial charge in [-0.25, -0.2) is 13.4 Å². The Morgan fingerprint density at radius 3 is 2.75 bits per heavy atom. The van der Waals surface area contributed by atoms with Crippen LogP contribution >= 0.6 is 27.3 Å². The Hall–Kier alpha value is -2.01. The second-order valence-electron chi connectivity index (χ2n) is 7.49. The summed E-state index contributed by atoms with van der Waals surface area (Å²) in [5.41, 5.74) is 0.796. The van der Waals surface area contributed by atoms with E-state index in [-0.39, 0.29) is 29.1 Å². The van der Waals surface area contributed by atoms with Crippen molar-refractivity contribution in [1.82, 2.24) is 4.98 Å². The molecule has 0 bridgehead atoms. The highest BCUT2D eigenvalue weighted by Gasteiger charge is 2.27. The van der Waals surface area contributed by atoms with Crippen molar-refractivity contribution >= 4 is 58.4 Å². The summed E-state index contributed by atoms with van der Waals surface area (Å²) in [5.74, 6) is 0.0114. The third-order valence-electron chi connectivity index (χ3n) is 5.28. The lowest BCUT2D eigenvalue weighted by molar-refractivity contribution is -0.118. The van der Waals surface area contributed by atoms with Crippen molar-refractivity contribution < 1.29 is 22.7 Å². The van der Waals surface area contributed by atoms with E-state index >= 15 is 0 Å². The average Bonchev–Trinajstić information content (AvgIpc) is 3.45. The third kappa shape index (κ3) is 5.31. The van der Waals surface area contributed by atoms with Crippen molar-refractivity contribution in [3.63, 3.8) is 0 Å². The van der Waals surface area contributed by atoms with Crippen LogP contribution in [-0.4, -0.2) is 51.4 Å². The van der Waals surface area contributed by atoms with Gasteiger partial charge in [0, 0.05) is 17.5 Å². The van der Waals surface area contributed by atoms with Gasteiger partial charge in [0.05, 0.1) is 40.6 Å². The fourth-order valence-electron chi connectivity index (χ4n) is 3.54. The van der Waals surface area contributed by atoms with Crippen LogP contribution in [0.4, 0.5) is 5.13 Å². The summed E-state index contributed by atoms with van der Waals surface area (Å²) in [6, 6.07) is 11.9. The molecule has 1 amide bonds. The molecule has 0 aliphatic carbocycles.